The summed E-state index contributed by atoms with van der Waals surface area (Å²) in [6.45, 7) is 10.7. The maximum absolute atomic E-state index is 5.72. The first-order valence-corrected chi connectivity index (χ1v) is 6.46. The van der Waals surface area contributed by atoms with Crippen LogP contribution in [0.15, 0.2) is 6.08 Å². The summed E-state index contributed by atoms with van der Waals surface area (Å²) in [5.74, 6) is 0. The SMILES string of the molecule is [CH]=CCCCCCC(C)OCCCCC. The van der Waals surface area contributed by atoms with Crippen LogP contribution >= 0.6 is 0 Å². The molecule has 1 nitrogen and oxygen atoms in total. The molecule has 0 aliphatic heterocycles. The molecular weight excluding hydrogens is 184 g/mol. The van der Waals surface area contributed by atoms with E-state index in [0.717, 1.165) is 13.0 Å². The van der Waals surface area contributed by atoms with Crippen LogP contribution in [-0.4, -0.2) is 12.7 Å². The largest absolute Gasteiger partial charge is 0.379 e. The number of rotatable bonds is 11. The average molecular weight is 211 g/mol. The van der Waals surface area contributed by atoms with Crippen molar-refractivity contribution in [1.82, 2.24) is 0 Å². The summed E-state index contributed by atoms with van der Waals surface area (Å²) in [4.78, 5) is 0. The van der Waals surface area contributed by atoms with Crippen LogP contribution in [0.1, 0.15) is 65.2 Å². The molecule has 0 saturated carbocycles. The summed E-state index contributed by atoms with van der Waals surface area (Å²) in [6, 6.07) is 0. The lowest BCUT2D eigenvalue weighted by Crippen LogP contribution is -2.09. The maximum atomic E-state index is 5.72. The molecule has 0 spiro atoms. The second-order valence-corrected chi connectivity index (χ2v) is 4.26. The van der Waals surface area contributed by atoms with E-state index in [1.165, 1.54) is 44.9 Å². The quantitative estimate of drug-likeness (QED) is 0.456. The fraction of sp³-hybridized carbons (Fsp3) is 0.857. The van der Waals surface area contributed by atoms with E-state index in [1.807, 2.05) is 0 Å². The van der Waals surface area contributed by atoms with Crippen LogP contribution in [-0.2, 0) is 4.74 Å². The molecule has 15 heavy (non-hydrogen) atoms. The van der Waals surface area contributed by atoms with E-state index in [0.29, 0.717) is 6.10 Å². The molecule has 0 aromatic heterocycles. The molecule has 1 atom stereocenters. The fourth-order valence-electron chi connectivity index (χ4n) is 1.59. The number of ether oxygens (including phenoxy) is 1. The summed E-state index contributed by atoms with van der Waals surface area (Å²) in [5.41, 5.74) is 0. The lowest BCUT2D eigenvalue weighted by molar-refractivity contribution is 0.0559. The van der Waals surface area contributed by atoms with Crippen LogP contribution in [0.3, 0.4) is 0 Å². The first kappa shape index (κ1) is 14.7. The minimum Gasteiger partial charge on any atom is -0.379 e. The van der Waals surface area contributed by atoms with E-state index in [1.54, 1.807) is 6.08 Å². The lowest BCUT2D eigenvalue weighted by atomic mass is 10.1. The molecule has 0 aromatic carbocycles. The maximum Gasteiger partial charge on any atom is 0.0547 e. The van der Waals surface area contributed by atoms with Crippen LogP contribution < -0.4 is 0 Å². The summed E-state index contributed by atoms with van der Waals surface area (Å²) in [5, 5.41) is 0. The third-order valence-electron chi connectivity index (χ3n) is 2.63. The topological polar surface area (TPSA) is 9.23 Å². The minimum absolute atomic E-state index is 0.434. The highest BCUT2D eigenvalue weighted by Crippen LogP contribution is 2.09. The Hall–Kier alpha value is -0.300. The van der Waals surface area contributed by atoms with Gasteiger partial charge in [-0.3, -0.25) is 0 Å². The highest BCUT2D eigenvalue weighted by molar-refractivity contribution is 4.62. The van der Waals surface area contributed by atoms with Crippen LogP contribution in [0, 0.1) is 6.58 Å². The number of hydrogen-bond donors (Lipinski definition) is 0. The summed E-state index contributed by atoms with van der Waals surface area (Å²) in [7, 11) is 0. The summed E-state index contributed by atoms with van der Waals surface area (Å²) < 4.78 is 5.72. The van der Waals surface area contributed by atoms with Gasteiger partial charge in [0.05, 0.1) is 6.10 Å². The van der Waals surface area contributed by atoms with E-state index < -0.39 is 0 Å². The van der Waals surface area contributed by atoms with Gasteiger partial charge in [0.2, 0.25) is 0 Å². The van der Waals surface area contributed by atoms with Crippen LogP contribution in [0.2, 0.25) is 0 Å². The Morgan fingerprint density at radius 3 is 2.60 bits per heavy atom. The van der Waals surface area contributed by atoms with Gasteiger partial charge in [-0.05, 0) is 32.6 Å². The number of unbranched alkanes of at least 4 members (excludes halogenated alkanes) is 5. The van der Waals surface area contributed by atoms with E-state index in [4.69, 9.17) is 11.3 Å². The number of allylic oxidation sites excluding steroid dienone is 1. The molecule has 89 valence electrons. The van der Waals surface area contributed by atoms with E-state index in [-0.39, 0.29) is 0 Å². The van der Waals surface area contributed by atoms with Crippen molar-refractivity contribution in [3.63, 3.8) is 0 Å². The lowest BCUT2D eigenvalue weighted by Gasteiger charge is -2.12. The number of hydrogen-bond acceptors (Lipinski definition) is 1. The Kier molecular flexibility index (Phi) is 11.5. The van der Waals surface area contributed by atoms with Crippen molar-refractivity contribution in [2.45, 2.75) is 71.3 Å². The van der Waals surface area contributed by atoms with Crippen molar-refractivity contribution >= 4 is 0 Å². The van der Waals surface area contributed by atoms with Crippen molar-refractivity contribution in [2.75, 3.05) is 6.61 Å². The molecule has 0 saturated heterocycles. The Labute approximate surface area is 95.9 Å². The second-order valence-electron chi connectivity index (χ2n) is 4.26. The second kappa shape index (κ2) is 11.8. The van der Waals surface area contributed by atoms with Gasteiger partial charge in [0.25, 0.3) is 0 Å². The van der Waals surface area contributed by atoms with E-state index >= 15 is 0 Å². The molecule has 0 aliphatic carbocycles. The molecule has 0 amide bonds. The van der Waals surface area contributed by atoms with E-state index in [2.05, 4.69) is 13.8 Å². The van der Waals surface area contributed by atoms with Gasteiger partial charge in [-0.2, -0.15) is 0 Å². The normalized spacial score (nSPS) is 12.7. The standard InChI is InChI=1S/C14H27O/c1-4-6-8-9-10-12-14(3)15-13-11-7-5-2/h1,4,14H,5-13H2,2-3H3. The van der Waals surface area contributed by atoms with Crippen molar-refractivity contribution in [1.29, 1.82) is 0 Å². The van der Waals surface area contributed by atoms with Crippen molar-refractivity contribution in [3.8, 4) is 0 Å². The van der Waals surface area contributed by atoms with Crippen LogP contribution in [0.25, 0.3) is 0 Å². The van der Waals surface area contributed by atoms with Gasteiger partial charge in [0, 0.05) is 6.61 Å². The van der Waals surface area contributed by atoms with Gasteiger partial charge in [-0.1, -0.05) is 45.3 Å². The van der Waals surface area contributed by atoms with Gasteiger partial charge in [0.15, 0.2) is 0 Å². The summed E-state index contributed by atoms with van der Waals surface area (Å²) >= 11 is 0. The first-order chi connectivity index (χ1) is 7.31. The zero-order chi connectivity index (χ0) is 11.4. The highest BCUT2D eigenvalue weighted by atomic mass is 16.5. The first-order valence-electron chi connectivity index (χ1n) is 6.46. The van der Waals surface area contributed by atoms with E-state index in [9.17, 15) is 0 Å². The molecule has 0 rings (SSSR count). The molecule has 0 aromatic rings. The zero-order valence-electron chi connectivity index (χ0n) is 10.5. The van der Waals surface area contributed by atoms with Gasteiger partial charge in [-0.15, -0.1) is 0 Å². The molecule has 0 heterocycles. The molecular formula is C14H27O. The third-order valence-corrected chi connectivity index (χ3v) is 2.63. The fourth-order valence-corrected chi connectivity index (χ4v) is 1.59. The van der Waals surface area contributed by atoms with Crippen molar-refractivity contribution in [2.24, 2.45) is 0 Å². The minimum atomic E-state index is 0.434. The third kappa shape index (κ3) is 11.6. The van der Waals surface area contributed by atoms with Gasteiger partial charge < -0.3 is 4.74 Å². The zero-order valence-corrected chi connectivity index (χ0v) is 10.5. The van der Waals surface area contributed by atoms with Crippen molar-refractivity contribution < 1.29 is 4.74 Å². The molecule has 0 aliphatic rings. The molecule has 1 heteroatoms. The molecule has 0 bridgehead atoms. The Bertz CT molecular complexity index is 131. The molecule has 1 unspecified atom stereocenters. The van der Waals surface area contributed by atoms with Gasteiger partial charge in [0.1, 0.15) is 0 Å². The van der Waals surface area contributed by atoms with Crippen molar-refractivity contribution in [3.05, 3.63) is 12.7 Å². The average Bonchev–Trinajstić information content (AvgIpc) is 2.24. The summed E-state index contributed by atoms with van der Waals surface area (Å²) in [6.07, 6.45) is 12.0. The predicted octanol–water partition coefficient (Wildman–Crippen LogP) is 4.52. The molecule has 0 N–H and O–H groups in total. The molecule has 0 fully saturated rings. The highest BCUT2D eigenvalue weighted by Gasteiger charge is 2.00. The van der Waals surface area contributed by atoms with Crippen LogP contribution in [0.4, 0.5) is 0 Å². The Morgan fingerprint density at radius 2 is 1.93 bits per heavy atom. The Balaban J connectivity index is 3.11. The smallest absolute Gasteiger partial charge is 0.0547 e. The van der Waals surface area contributed by atoms with Gasteiger partial charge in [-0.25, -0.2) is 0 Å². The van der Waals surface area contributed by atoms with Gasteiger partial charge >= 0.3 is 0 Å². The monoisotopic (exact) mass is 211 g/mol. The predicted molar refractivity (Wildman–Crippen MR) is 66.9 cm³/mol. The Morgan fingerprint density at radius 1 is 1.13 bits per heavy atom. The molecule has 1 radical (unpaired) electrons. The van der Waals surface area contributed by atoms with Crippen LogP contribution in [0.5, 0.6) is 0 Å².